The number of rotatable bonds is 6. The summed E-state index contributed by atoms with van der Waals surface area (Å²) in [6.07, 6.45) is 4.95. The Morgan fingerprint density at radius 2 is 1.81 bits per heavy atom. The van der Waals surface area contributed by atoms with E-state index in [4.69, 9.17) is 10.7 Å². The second-order valence-corrected chi connectivity index (χ2v) is 11.1. The number of halogens is 1. The molecule has 21 heavy (non-hydrogen) atoms. The summed E-state index contributed by atoms with van der Waals surface area (Å²) in [7, 11) is -1.71. The monoisotopic (exact) mass is 371 g/mol. The van der Waals surface area contributed by atoms with Crippen LogP contribution in [0.5, 0.6) is 0 Å². The molecule has 0 spiro atoms. The minimum Gasteiger partial charge on any atom is -0.215 e. The molecule has 2 rings (SSSR count). The zero-order valence-electron chi connectivity index (χ0n) is 11.4. The van der Waals surface area contributed by atoms with E-state index < -0.39 is 19.1 Å². The summed E-state index contributed by atoms with van der Waals surface area (Å²) in [4.78, 5) is 0.792. The molecule has 0 aromatic carbocycles. The van der Waals surface area contributed by atoms with Crippen LogP contribution in [0.25, 0.3) is 0 Å². The van der Waals surface area contributed by atoms with E-state index in [9.17, 15) is 16.8 Å². The van der Waals surface area contributed by atoms with Gasteiger partial charge in [0, 0.05) is 22.1 Å². The molecule has 1 aromatic heterocycles. The highest BCUT2D eigenvalue weighted by molar-refractivity contribution is 8.15. The van der Waals surface area contributed by atoms with Gasteiger partial charge in [-0.3, -0.25) is 0 Å². The highest BCUT2D eigenvalue weighted by Gasteiger charge is 2.26. The Balaban J connectivity index is 1.87. The Morgan fingerprint density at radius 1 is 1.14 bits per heavy atom. The zero-order chi connectivity index (χ0) is 15.5. The number of thiophene rings is 1. The Kier molecular flexibility index (Phi) is 5.70. The van der Waals surface area contributed by atoms with Crippen LogP contribution in [0, 0.1) is 0 Å². The summed E-state index contributed by atoms with van der Waals surface area (Å²) in [5, 5.41) is -0.284. The van der Waals surface area contributed by atoms with Crippen LogP contribution in [0.15, 0.2) is 16.3 Å². The molecule has 1 aliphatic rings. The Bertz CT molecular complexity index is 675. The summed E-state index contributed by atoms with van der Waals surface area (Å²) in [6.45, 7) is 0.279. The molecule has 0 radical (unpaired) electrons. The first-order valence-corrected chi connectivity index (χ1v) is 11.5. The van der Waals surface area contributed by atoms with Crippen molar-refractivity contribution in [3.63, 3.8) is 0 Å². The Morgan fingerprint density at radius 3 is 2.38 bits per heavy atom. The molecule has 1 saturated carbocycles. The number of hydrogen-bond donors (Lipinski definition) is 1. The van der Waals surface area contributed by atoms with Crippen molar-refractivity contribution < 1.29 is 16.8 Å². The van der Waals surface area contributed by atoms with Crippen molar-refractivity contribution >= 4 is 41.1 Å². The molecule has 0 saturated heterocycles. The third-order valence-corrected chi connectivity index (χ3v) is 8.74. The fraction of sp³-hybridized carbons (Fsp3) is 0.667. The second-order valence-electron chi connectivity index (χ2n) is 5.11. The van der Waals surface area contributed by atoms with Crippen molar-refractivity contribution in [2.24, 2.45) is 0 Å². The van der Waals surface area contributed by atoms with Crippen LogP contribution in [0.1, 0.15) is 37.0 Å². The highest BCUT2D eigenvalue weighted by Crippen LogP contribution is 2.25. The third kappa shape index (κ3) is 4.92. The first-order chi connectivity index (χ1) is 9.79. The molecule has 5 nitrogen and oxygen atoms in total. The van der Waals surface area contributed by atoms with E-state index in [0.717, 1.165) is 48.3 Å². The normalized spacial score (nSPS) is 18.0. The highest BCUT2D eigenvalue weighted by atomic mass is 35.7. The molecule has 0 atom stereocenters. The predicted octanol–water partition coefficient (Wildman–Crippen LogP) is 2.47. The van der Waals surface area contributed by atoms with Gasteiger partial charge in [0.25, 0.3) is 9.05 Å². The fourth-order valence-corrected chi connectivity index (χ4v) is 6.13. The quantitative estimate of drug-likeness (QED) is 0.779. The lowest BCUT2D eigenvalue weighted by molar-refractivity contribution is 0.478. The number of sulfonamides is 1. The first kappa shape index (κ1) is 17.2. The van der Waals surface area contributed by atoms with Gasteiger partial charge in [0.05, 0.1) is 5.25 Å². The molecule has 0 aliphatic heterocycles. The molecule has 1 heterocycles. The van der Waals surface area contributed by atoms with Gasteiger partial charge < -0.3 is 0 Å². The van der Waals surface area contributed by atoms with Crippen molar-refractivity contribution in [1.82, 2.24) is 4.72 Å². The van der Waals surface area contributed by atoms with Crippen LogP contribution in [0.2, 0.25) is 0 Å². The maximum Gasteiger partial charge on any atom is 0.270 e. The van der Waals surface area contributed by atoms with Crippen LogP contribution in [0.3, 0.4) is 0 Å². The van der Waals surface area contributed by atoms with Gasteiger partial charge in [-0.1, -0.05) is 19.3 Å². The molecule has 1 N–H and O–H groups in total. The lowest BCUT2D eigenvalue weighted by atomic mass is 10.0. The van der Waals surface area contributed by atoms with E-state index in [2.05, 4.69) is 4.72 Å². The number of hydrogen-bond acceptors (Lipinski definition) is 5. The minimum absolute atomic E-state index is 0.0919. The van der Waals surface area contributed by atoms with E-state index in [1.165, 1.54) is 6.07 Å². The molecule has 0 unspecified atom stereocenters. The van der Waals surface area contributed by atoms with Crippen molar-refractivity contribution in [3.05, 3.63) is 17.0 Å². The molecule has 0 bridgehead atoms. The Hall–Kier alpha value is -0.150. The van der Waals surface area contributed by atoms with E-state index >= 15 is 0 Å². The van der Waals surface area contributed by atoms with E-state index in [1.807, 2.05) is 0 Å². The van der Waals surface area contributed by atoms with Gasteiger partial charge in [0.2, 0.25) is 10.0 Å². The standard InChI is InChI=1S/C12H18ClNO4S3/c13-20(15,16)12-7-6-10(19-12)8-9-14-21(17,18)11-4-2-1-3-5-11/h6-7,11,14H,1-5,8-9H2. The van der Waals surface area contributed by atoms with Gasteiger partial charge in [0.15, 0.2) is 0 Å². The van der Waals surface area contributed by atoms with Crippen molar-refractivity contribution in [3.8, 4) is 0 Å². The maximum absolute atomic E-state index is 12.1. The third-order valence-electron chi connectivity index (χ3n) is 3.54. The first-order valence-electron chi connectivity index (χ1n) is 6.81. The summed E-state index contributed by atoms with van der Waals surface area (Å²) in [5.41, 5.74) is 0. The number of nitrogens with one attached hydrogen (secondary N) is 1. The van der Waals surface area contributed by atoms with Gasteiger partial charge in [-0.25, -0.2) is 21.6 Å². The second kappa shape index (κ2) is 6.95. The summed E-state index contributed by atoms with van der Waals surface area (Å²) < 4.78 is 49.2. The molecule has 9 heteroatoms. The van der Waals surface area contributed by atoms with Gasteiger partial charge in [0.1, 0.15) is 4.21 Å². The molecule has 0 amide bonds. The van der Waals surface area contributed by atoms with Gasteiger partial charge in [-0.15, -0.1) is 11.3 Å². The van der Waals surface area contributed by atoms with Crippen LogP contribution in [-0.4, -0.2) is 28.6 Å². The van der Waals surface area contributed by atoms with Gasteiger partial charge in [-0.2, -0.15) is 0 Å². The van der Waals surface area contributed by atoms with Crippen LogP contribution >= 0.6 is 22.0 Å². The minimum atomic E-state index is -3.70. The lowest BCUT2D eigenvalue weighted by Crippen LogP contribution is -2.36. The molecular weight excluding hydrogens is 354 g/mol. The average molecular weight is 372 g/mol. The smallest absolute Gasteiger partial charge is 0.215 e. The van der Waals surface area contributed by atoms with Gasteiger partial charge >= 0.3 is 0 Å². The van der Waals surface area contributed by atoms with Crippen LogP contribution in [0.4, 0.5) is 0 Å². The van der Waals surface area contributed by atoms with Crippen molar-refractivity contribution in [2.45, 2.75) is 48.0 Å². The summed E-state index contributed by atoms with van der Waals surface area (Å²) in [6, 6.07) is 3.10. The topological polar surface area (TPSA) is 80.3 Å². The molecule has 1 aliphatic carbocycles. The maximum atomic E-state index is 12.1. The Labute approximate surface area is 134 Å². The zero-order valence-corrected chi connectivity index (χ0v) is 14.6. The molecule has 1 fully saturated rings. The van der Waals surface area contributed by atoms with Crippen molar-refractivity contribution in [1.29, 1.82) is 0 Å². The largest absolute Gasteiger partial charge is 0.270 e. The molecular formula is C12H18ClNO4S3. The summed E-state index contributed by atoms with van der Waals surface area (Å²) in [5.74, 6) is 0. The van der Waals surface area contributed by atoms with E-state index in [0.29, 0.717) is 6.42 Å². The molecule has 120 valence electrons. The summed E-state index contributed by atoms with van der Waals surface area (Å²) >= 11 is 1.07. The average Bonchev–Trinajstić information content (AvgIpc) is 2.88. The lowest BCUT2D eigenvalue weighted by Gasteiger charge is -2.21. The van der Waals surface area contributed by atoms with E-state index in [-0.39, 0.29) is 16.0 Å². The fourth-order valence-electron chi connectivity index (χ4n) is 2.43. The SMILES string of the molecule is O=S(=O)(Cl)c1ccc(CCNS(=O)(=O)C2CCCCC2)s1. The van der Waals surface area contributed by atoms with Crippen molar-refractivity contribution in [2.75, 3.05) is 6.54 Å². The van der Waals surface area contributed by atoms with Gasteiger partial charge in [-0.05, 0) is 31.4 Å². The van der Waals surface area contributed by atoms with Crippen LogP contribution < -0.4 is 4.72 Å². The van der Waals surface area contributed by atoms with E-state index in [1.54, 1.807) is 6.07 Å². The molecule has 1 aromatic rings. The van der Waals surface area contributed by atoms with Crippen LogP contribution in [-0.2, 0) is 25.5 Å². The predicted molar refractivity (Wildman–Crippen MR) is 84.9 cm³/mol.